The van der Waals surface area contributed by atoms with Crippen molar-refractivity contribution >= 4 is 17.6 Å². The fraction of sp³-hybridized carbons (Fsp3) is 0.440. The molecule has 170 valence electrons. The Morgan fingerprint density at radius 3 is 2.44 bits per heavy atom. The molecular formula is C25H32N4O3. The van der Waals surface area contributed by atoms with Crippen molar-refractivity contribution in [1.29, 1.82) is 0 Å². The monoisotopic (exact) mass is 436 g/mol. The summed E-state index contributed by atoms with van der Waals surface area (Å²) in [6.07, 6.45) is 1.69. The number of carbonyl (C=O) groups excluding carboxylic acids is 3. The highest BCUT2D eigenvalue weighted by atomic mass is 16.2. The molecule has 0 bridgehead atoms. The molecule has 0 radical (unpaired) electrons. The zero-order chi connectivity index (χ0) is 23.5. The first-order valence-electron chi connectivity index (χ1n) is 11.0. The van der Waals surface area contributed by atoms with Crippen molar-refractivity contribution in [2.75, 3.05) is 20.6 Å². The number of fused-ring (bicyclic) bond motifs is 1. The number of carbonyl (C=O) groups is 3. The van der Waals surface area contributed by atoms with Crippen LogP contribution in [0.25, 0.3) is 0 Å². The minimum atomic E-state index is -0.741. The predicted molar refractivity (Wildman–Crippen MR) is 124 cm³/mol. The third kappa shape index (κ3) is 5.22. The van der Waals surface area contributed by atoms with E-state index in [1.165, 1.54) is 0 Å². The molecule has 0 saturated heterocycles. The molecular weight excluding hydrogens is 404 g/mol. The number of rotatable bonds is 5. The summed E-state index contributed by atoms with van der Waals surface area (Å²) in [7, 11) is 3.55. The van der Waals surface area contributed by atoms with Crippen LogP contribution in [0.3, 0.4) is 0 Å². The Morgan fingerprint density at radius 1 is 1.12 bits per heavy atom. The maximum absolute atomic E-state index is 13.4. The minimum Gasteiger partial charge on any atom is -0.357 e. The lowest BCUT2D eigenvalue weighted by Gasteiger charge is -2.30. The average Bonchev–Trinajstić information content (AvgIpc) is 2.95. The molecule has 2 N–H and O–H groups in total. The molecule has 2 heterocycles. The maximum atomic E-state index is 13.4. The lowest BCUT2D eigenvalue weighted by Crippen LogP contribution is -2.53. The first-order chi connectivity index (χ1) is 15.1. The van der Waals surface area contributed by atoms with Crippen LogP contribution in [0.2, 0.25) is 0 Å². The van der Waals surface area contributed by atoms with Crippen molar-refractivity contribution in [2.45, 2.75) is 46.2 Å². The number of likely N-dealkylation sites (N-methyl/N-ethyl adjacent to an activating group) is 1. The summed E-state index contributed by atoms with van der Waals surface area (Å²) in [6.45, 7) is 7.13. The predicted octanol–water partition coefficient (Wildman–Crippen LogP) is 2.58. The van der Waals surface area contributed by atoms with Crippen molar-refractivity contribution in [2.24, 2.45) is 5.41 Å². The number of aromatic nitrogens is 1. The van der Waals surface area contributed by atoms with Crippen LogP contribution in [0, 0.1) is 5.41 Å². The summed E-state index contributed by atoms with van der Waals surface area (Å²) in [5.74, 6) is -0.938. The van der Waals surface area contributed by atoms with E-state index in [1.807, 2.05) is 40.0 Å². The third-order valence-electron chi connectivity index (χ3n) is 5.76. The molecule has 7 heteroatoms. The number of ketones is 1. The van der Waals surface area contributed by atoms with Gasteiger partial charge in [0.05, 0.1) is 0 Å². The molecule has 1 aliphatic heterocycles. The van der Waals surface area contributed by atoms with Gasteiger partial charge in [-0.25, -0.2) is 4.98 Å². The topological polar surface area (TPSA) is 91.4 Å². The zero-order valence-electron chi connectivity index (χ0n) is 19.5. The number of benzene rings is 1. The molecule has 0 fully saturated rings. The minimum absolute atomic E-state index is 0.216. The van der Waals surface area contributed by atoms with Gasteiger partial charge in [-0.15, -0.1) is 0 Å². The highest BCUT2D eigenvalue weighted by Gasteiger charge is 2.34. The van der Waals surface area contributed by atoms with E-state index in [9.17, 15) is 14.4 Å². The average molecular weight is 437 g/mol. The van der Waals surface area contributed by atoms with Crippen LogP contribution >= 0.6 is 0 Å². The number of amides is 2. The van der Waals surface area contributed by atoms with Gasteiger partial charge in [0.1, 0.15) is 17.4 Å². The molecule has 0 saturated carbocycles. The van der Waals surface area contributed by atoms with E-state index >= 15 is 0 Å². The Labute approximate surface area is 189 Å². The molecule has 0 spiro atoms. The Balaban J connectivity index is 2.07. The third-order valence-corrected chi connectivity index (χ3v) is 5.76. The van der Waals surface area contributed by atoms with Gasteiger partial charge in [0.2, 0.25) is 11.7 Å². The molecule has 1 unspecified atom stereocenters. The van der Waals surface area contributed by atoms with Gasteiger partial charge in [0.25, 0.3) is 5.91 Å². The molecule has 2 amide bonds. The second-order valence-electron chi connectivity index (χ2n) is 9.42. The Morgan fingerprint density at radius 2 is 1.81 bits per heavy atom. The van der Waals surface area contributed by atoms with E-state index in [4.69, 9.17) is 0 Å². The summed E-state index contributed by atoms with van der Waals surface area (Å²) in [5.41, 5.74) is 2.26. The molecule has 0 aliphatic carbocycles. The SMILES string of the molecule is CNC(=O)C(NC(=O)c1nc(C(=O)c2ccccc2)cc2c1CN(C)CCC2)C(C)(C)C. The summed E-state index contributed by atoms with van der Waals surface area (Å²) in [6, 6.07) is 10.0. The van der Waals surface area contributed by atoms with Crippen LogP contribution in [0.1, 0.15) is 64.9 Å². The number of pyridine rings is 1. The van der Waals surface area contributed by atoms with Crippen LogP contribution in [-0.2, 0) is 17.8 Å². The second-order valence-corrected chi connectivity index (χ2v) is 9.42. The molecule has 1 aromatic heterocycles. The molecule has 1 atom stereocenters. The first kappa shape index (κ1) is 23.6. The first-order valence-corrected chi connectivity index (χ1v) is 11.0. The van der Waals surface area contributed by atoms with E-state index in [1.54, 1.807) is 31.3 Å². The standard InChI is InChI=1S/C25H32N4O3/c1-25(2,3)22(24(32)26-4)28-23(31)20-18-15-29(5)13-9-12-17(18)14-19(27-20)21(30)16-10-7-6-8-11-16/h6-8,10-11,14,22H,9,12-13,15H2,1-5H3,(H,26,32)(H,28,31). The molecule has 7 nitrogen and oxygen atoms in total. The van der Waals surface area contributed by atoms with Crippen molar-refractivity contribution in [3.8, 4) is 0 Å². The van der Waals surface area contributed by atoms with E-state index in [-0.39, 0.29) is 23.1 Å². The molecule has 2 aromatic rings. The summed E-state index contributed by atoms with van der Waals surface area (Å²) in [5, 5.41) is 5.49. The largest absolute Gasteiger partial charge is 0.357 e. The summed E-state index contributed by atoms with van der Waals surface area (Å²) >= 11 is 0. The van der Waals surface area contributed by atoms with Crippen molar-refractivity contribution < 1.29 is 14.4 Å². The van der Waals surface area contributed by atoms with Gasteiger partial charge in [-0.2, -0.15) is 0 Å². The lowest BCUT2D eigenvalue weighted by atomic mass is 9.86. The van der Waals surface area contributed by atoms with Gasteiger partial charge in [-0.05, 0) is 43.5 Å². The fourth-order valence-corrected chi connectivity index (χ4v) is 3.97. The Kier molecular flexibility index (Phi) is 7.09. The lowest BCUT2D eigenvalue weighted by molar-refractivity contribution is -0.124. The number of aryl methyl sites for hydroxylation is 1. The molecule has 1 aliphatic rings. The van der Waals surface area contributed by atoms with Crippen LogP contribution in [0.4, 0.5) is 0 Å². The van der Waals surface area contributed by atoms with Gasteiger partial charge in [0.15, 0.2) is 0 Å². The van der Waals surface area contributed by atoms with Crippen molar-refractivity contribution in [3.63, 3.8) is 0 Å². The van der Waals surface area contributed by atoms with Gasteiger partial charge >= 0.3 is 0 Å². The van der Waals surface area contributed by atoms with Gasteiger partial charge in [0, 0.05) is 24.7 Å². The molecule has 3 rings (SSSR count). The Hall–Kier alpha value is -3.06. The number of nitrogens with zero attached hydrogens (tertiary/aromatic N) is 2. The summed E-state index contributed by atoms with van der Waals surface area (Å²) in [4.78, 5) is 45.7. The molecule has 32 heavy (non-hydrogen) atoms. The highest BCUT2D eigenvalue weighted by Crippen LogP contribution is 2.25. The van der Waals surface area contributed by atoms with Crippen LogP contribution in [0.15, 0.2) is 36.4 Å². The number of hydrogen-bond acceptors (Lipinski definition) is 5. The van der Waals surface area contributed by atoms with E-state index in [2.05, 4.69) is 20.5 Å². The normalized spacial score (nSPS) is 15.3. The van der Waals surface area contributed by atoms with Crippen LogP contribution < -0.4 is 10.6 Å². The number of nitrogens with one attached hydrogen (secondary N) is 2. The van der Waals surface area contributed by atoms with Gasteiger partial charge in [-0.1, -0.05) is 51.1 Å². The molecule has 1 aromatic carbocycles. The number of hydrogen-bond donors (Lipinski definition) is 2. The van der Waals surface area contributed by atoms with Crippen molar-refractivity contribution in [1.82, 2.24) is 20.5 Å². The van der Waals surface area contributed by atoms with Crippen LogP contribution in [0.5, 0.6) is 0 Å². The Bertz CT molecular complexity index is 1010. The van der Waals surface area contributed by atoms with E-state index in [0.717, 1.165) is 30.5 Å². The quantitative estimate of drug-likeness (QED) is 0.703. The van der Waals surface area contributed by atoms with E-state index in [0.29, 0.717) is 12.1 Å². The van der Waals surface area contributed by atoms with Crippen LogP contribution in [-0.4, -0.2) is 54.2 Å². The van der Waals surface area contributed by atoms with Gasteiger partial charge < -0.3 is 15.5 Å². The fourth-order valence-electron chi connectivity index (χ4n) is 3.97. The maximum Gasteiger partial charge on any atom is 0.270 e. The second kappa shape index (κ2) is 9.61. The zero-order valence-corrected chi connectivity index (χ0v) is 19.5. The van der Waals surface area contributed by atoms with Crippen molar-refractivity contribution in [3.05, 3.63) is 64.5 Å². The summed E-state index contributed by atoms with van der Waals surface area (Å²) < 4.78 is 0. The highest BCUT2D eigenvalue weighted by molar-refractivity contribution is 6.08. The smallest absolute Gasteiger partial charge is 0.270 e. The van der Waals surface area contributed by atoms with E-state index < -0.39 is 17.4 Å². The van der Waals surface area contributed by atoms with Gasteiger partial charge in [-0.3, -0.25) is 14.4 Å².